The zero-order valence-electron chi connectivity index (χ0n) is 29.1. The summed E-state index contributed by atoms with van der Waals surface area (Å²) in [6, 6.07) is 28.2. The van der Waals surface area contributed by atoms with Crippen LogP contribution >= 0.6 is 0 Å². The van der Waals surface area contributed by atoms with Gasteiger partial charge in [-0.2, -0.15) is 0 Å². The molecule has 45 heavy (non-hydrogen) atoms. The van der Waals surface area contributed by atoms with E-state index in [-0.39, 0.29) is 0 Å². The van der Waals surface area contributed by atoms with Crippen molar-refractivity contribution in [2.24, 2.45) is 0 Å². The Morgan fingerprint density at radius 3 is 1.49 bits per heavy atom. The van der Waals surface area contributed by atoms with E-state index < -0.39 is 14.2 Å². The van der Waals surface area contributed by atoms with Crippen LogP contribution in [0.3, 0.4) is 0 Å². The van der Waals surface area contributed by atoms with Crippen molar-refractivity contribution in [3.05, 3.63) is 129 Å². The van der Waals surface area contributed by atoms with Gasteiger partial charge in [-0.05, 0) is 0 Å². The molecule has 2 atom stereocenters. The summed E-state index contributed by atoms with van der Waals surface area (Å²) in [6.45, 7) is 13.8. The van der Waals surface area contributed by atoms with Gasteiger partial charge in [-0.25, -0.2) is 0 Å². The van der Waals surface area contributed by atoms with Gasteiger partial charge in [0.2, 0.25) is 0 Å². The topological polar surface area (TPSA) is 0 Å². The molecule has 0 saturated heterocycles. The quantitative estimate of drug-likeness (QED) is 0.117. The molecule has 2 unspecified atom stereocenters. The van der Waals surface area contributed by atoms with Crippen LogP contribution in [0.2, 0.25) is 18.2 Å². The average molecular weight is 777 g/mol. The van der Waals surface area contributed by atoms with E-state index in [1.165, 1.54) is 85.5 Å². The third-order valence-corrected chi connectivity index (χ3v) is 58.6. The summed E-state index contributed by atoms with van der Waals surface area (Å²) in [5.74, 6) is 0. The monoisotopic (exact) mass is 778 g/mol. The van der Waals surface area contributed by atoms with Crippen LogP contribution in [0.15, 0.2) is 84.9 Å². The molecule has 6 rings (SSSR count). The maximum atomic E-state index is 2.86. The molecule has 0 heterocycles. The maximum absolute atomic E-state index is 4.97. The van der Waals surface area contributed by atoms with Crippen LogP contribution in [0.5, 0.6) is 0 Å². The van der Waals surface area contributed by atoms with Gasteiger partial charge in [-0.1, -0.05) is 0 Å². The fourth-order valence-corrected chi connectivity index (χ4v) is 48.8. The van der Waals surface area contributed by atoms with Gasteiger partial charge in [-0.3, -0.25) is 0 Å². The molecule has 0 bridgehead atoms. The Bertz CT molecular complexity index is 1900. The van der Waals surface area contributed by atoms with E-state index in [0.717, 1.165) is 0 Å². The van der Waals surface area contributed by atoms with Gasteiger partial charge in [-0.15, -0.1) is 0 Å². The van der Waals surface area contributed by atoms with E-state index in [1.807, 2.05) is 0 Å². The van der Waals surface area contributed by atoms with E-state index in [9.17, 15) is 0 Å². The first-order chi connectivity index (χ1) is 21.1. The summed E-state index contributed by atoms with van der Waals surface area (Å²) in [5, 5.41) is 0. The molecule has 0 radical (unpaired) electrons. The molecule has 0 N–H and O–H groups in total. The van der Waals surface area contributed by atoms with Crippen molar-refractivity contribution in [3.8, 4) is 22.3 Å². The van der Waals surface area contributed by atoms with Gasteiger partial charge in [0.05, 0.1) is 0 Å². The number of hydrogen-bond donors (Lipinski definition) is 0. The van der Waals surface area contributed by atoms with Crippen molar-refractivity contribution in [3.63, 3.8) is 0 Å². The van der Waals surface area contributed by atoms with E-state index in [2.05, 4.69) is 153 Å². The molecule has 234 valence electrons. The molecular formula is C43H54HfSi. The van der Waals surface area contributed by atoms with Crippen LogP contribution in [-0.2, 0) is 14.2 Å². The molecule has 0 saturated carbocycles. The van der Waals surface area contributed by atoms with Crippen molar-refractivity contribution in [2.45, 2.75) is 85.9 Å². The summed E-state index contributed by atoms with van der Waals surface area (Å²) in [7, 11) is 0. The standard InChI is InChI=1S/2C17H15.C6H13.3CH3.Hf.H2Si/c2*1-12-9-10-13(2)17(11-12)16-8-4-6-14-5-3-7-15(14)16;1-3-5-6-4-2;;;;;/h2*3-11H,1-2H3;1,3-6H2,2H3;3*1H3;;1H2. The Morgan fingerprint density at radius 2 is 1.04 bits per heavy atom. The van der Waals surface area contributed by atoms with Gasteiger partial charge in [0.25, 0.3) is 0 Å². The summed E-state index contributed by atoms with van der Waals surface area (Å²) >= 11 is -4.97. The Balaban J connectivity index is 1.58. The molecule has 2 aliphatic rings. The van der Waals surface area contributed by atoms with Crippen LogP contribution in [0, 0.1) is 27.7 Å². The second-order valence-electron chi connectivity index (χ2n) is 18.3. The molecular weight excluding hydrogens is 723 g/mol. The van der Waals surface area contributed by atoms with Crippen molar-refractivity contribution >= 4 is 19.1 Å². The normalized spacial score (nSPS) is 19.4. The van der Waals surface area contributed by atoms with Gasteiger partial charge in [0, 0.05) is 0 Å². The predicted octanol–water partition coefficient (Wildman–Crippen LogP) is 12.5. The fourth-order valence-electron chi connectivity index (χ4n) is 9.62. The van der Waals surface area contributed by atoms with E-state index in [1.54, 1.807) is 11.1 Å². The summed E-state index contributed by atoms with van der Waals surface area (Å²) in [4.78, 5) is 0. The number of benzene rings is 4. The van der Waals surface area contributed by atoms with Crippen molar-refractivity contribution in [1.82, 2.24) is 0 Å². The summed E-state index contributed by atoms with van der Waals surface area (Å²) < 4.78 is 10.8. The van der Waals surface area contributed by atoms with Crippen molar-refractivity contribution < 1.29 is 14.2 Å². The van der Waals surface area contributed by atoms with Crippen LogP contribution < -0.4 is 0 Å². The molecule has 0 amide bonds. The summed E-state index contributed by atoms with van der Waals surface area (Å²) in [6.07, 6.45) is 15.6. The van der Waals surface area contributed by atoms with Crippen LogP contribution in [-0.4, -0.2) is 6.94 Å². The van der Waals surface area contributed by atoms with E-state index in [0.29, 0.717) is 7.35 Å². The van der Waals surface area contributed by atoms with Crippen LogP contribution in [0.4, 0.5) is 0 Å². The number of unbranched alkanes of at least 4 members (excludes halogenated alkanes) is 3. The third-order valence-electron chi connectivity index (χ3n) is 12.6. The Morgan fingerprint density at radius 1 is 0.578 bits per heavy atom. The van der Waals surface area contributed by atoms with Gasteiger partial charge in [0.1, 0.15) is 0 Å². The number of hydrogen-bond acceptors (Lipinski definition) is 0. The minimum absolute atomic E-state index is 0.430. The average Bonchev–Trinajstić information content (AvgIpc) is 3.65. The van der Waals surface area contributed by atoms with Gasteiger partial charge < -0.3 is 0 Å². The van der Waals surface area contributed by atoms with Crippen molar-refractivity contribution in [2.75, 3.05) is 0 Å². The fraction of sp³-hybridized carbons (Fsp3) is 0.349. The first-order valence-corrected chi connectivity index (χ1v) is 43.2. The first-order valence-electron chi connectivity index (χ1n) is 17.4. The number of allylic oxidation sites excluding steroid dienone is 2. The van der Waals surface area contributed by atoms with E-state index >= 15 is 0 Å². The molecule has 0 fully saturated rings. The number of aryl methyl sites for hydroxylation is 4. The first kappa shape index (κ1) is 32.4. The molecule has 0 aliphatic heterocycles. The minimum atomic E-state index is -4.97. The van der Waals surface area contributed by atoms with Gasteiger partial charge >= 0.3 is 271 Å². The SMILES string of the molecule is CCCCC[CH2][Hf]([CH3])([CH3])([CH3])(=[SiH2])([CH]1C=Cc2c(-c3cc(C)ccc3C)cccc21)[CH]1C=Cc2c(-c3cc(C)ccc3C)cccc21. The Labute approximate surface area is 269 Å². The molecule has 2 aliphatic carbocycles. The molecule has 4 aromatic carbocycles. The number of rotatable bonds is 9. The number of fused-ring (bicyclic) bond motifs is 2. The third kappa shape index (κ3) is 5.19. The zero-order valence-corrected chi connectivity index (χ0v) is 34.1. The van der Waals surface area contributed by atoms with Crippen molar-refractivity contribution in [1.29, 1.82) is 0 Å². The second-order valence-corrected chi connectivity index (χ2v) is 100. The zero-order chi connectivity index (χ0) is 32.3. The predicted molar refractivity (Wildman–Crippen MR) is 201 cm³/mol. The van der Waals surface area contributed by atoms with Crippen LogP contribution in [0.1, 0.15) is 84.5 Å². The Hall–Kier alpha value is -2.55. The molecule has 4 aromatic rings. The molecule has 0 nitrogen and oxygen atoms in total. The Kier molecular flexibility index (Phi) is 7.36. The van der Waals surface area contributed by atoms with Crippen LogP contribution in [0.25, 0.3) is 34.4 Å². The molecule has 0 aromatic heterocycles. The van der Waals surface area contributed by atoms with E-state index in [4.69, 9.17) is 0 Å². The second kappa shape index (κ2) is 10.2. The molecule has 2 heteroatoms. The summed E-state index contributed by atoms with van der Waals surface area (Å²) in [5.41, 5.74) is 16.9. The van der Waals surface area contributed by atoms with Gasteiger partial charge in [0.15, 0.2) is 0 Å². The molecule has 0 spiro atoms.